The molecule has 3 heterocycles. The van der Waals surface area contributed by atoms with Crippen molar-refractivity contribution in [1.82, 2.24) is 4.57 Å². The molecule has 0 saturated heterocycles. The maximum atomic E-state index is 6.23. The summed E-state index contributed by atoms with van der Waals surface area (Å²) in [7, 11) is 0. The van der Waals surface area contributed by atoms with E-state index in [1.165, 1.54) is 64.2 Å². The number of hydrogen-bond donors (Lipinski definition) is 0. The molecule has 1 aliphatic rings. The summed E-state index contributed by atoms with van der Waals surface area (Å²) in [5, 5.41) is 7.71. The van der Waals surface area contributed by atoms with Gasteiger partial charge in [-0.25, -0.2) is 0 Å². The fourth-order valence-electron chi connectivity index (χ4n) is 7.81. The second kappa shape index (κ2) is 7.70. The summed E-state index contributed by atoms with van der Waals surface area (Å²) in [4.78, 5) is 0. The monoisotopic (exact) mass is 555 g/mol. The van der Waals surface area contributed by atoms with Crippen molar-refractivity contribution in [2.24, 2.45) is 0 Å². The largest absolute Gasteiger partial charge is 0.456 e. The van der Waals surface area contributed by atoms with E-state index < -0.39 is 0 Å². The van der Waals surface area contributed by atoms with Crippen LogP contribution in [0.4, 0.5) is 0 Å². The van der Waals surface area contributed by atoms with Gasteiger partial charge in [-0.15, -0.1) is 11.3 Å². The van der Waals surface area contributed by atoms with Crippen molar-refractivity contribution in [2.45, 2.75) is 19.3 Å². The van der Waals surface area contributed by atoms with E-state index in [1.807, 2.05) is 17.4 Å². The normalized spacial score (nSPS) is 14.1. The summed E-state index contributed by atoms with van der Waals surface area (Å²) < 4.78 is 11.4. The van der Waals surface area contributed by atoms with Crippen molar-refractivity contribution in [2.75, 3.05) is 0 Å². The quantitative estimate of drug-likeness (QED) is 0.197. The Bertz CT molecular complexity index is 2610. The second-order valence-electron chi connectivity index (χ2n) is 12.1. The van der Waals surface area contributed by atoms with Gasteiger partial charge in [-0.05, 0) is 58.7 Å². The van der Waals surface area contributed by atoms with E-state index in [9.17, 15) is 0 Å². The highest BCUT2D eigenvalue weighted by Gasteiger charge is 2.40. The smallest absolute Gasteiger partial charge is 0.135 e. The van der Waals surface area contributed by atoms with Gasteiger partial charge in [0.25, 0.3) is 0 Å². The van der Waals surface area contributed by atoms with Crippen LogP contribution in [0.3, 0.4) is 0 Å². The highest BCUT2D eigenvalue weighted by Crippen LogP contribution is 2.58. The number of hydrogen-bond acceptors (Lipinski definition) is 2. The molecular weight excluding hydrogens is 531 g/mol. The molecule has 0 radical (unpaired) electrons. The van der Waals surface area contributed by atoms with E-state index >= 15 is 0 Å². The van der Waals surface area contributed by atoms with E-state index in [4.69, 9.17) is 4.42 Å². The molecule has 0 unspecified atom stereocenters. The SMILES string of the molecule is CC1(C)c2ccccc2-c2c1c1c3ccccc3n(-c3ccc4oc5ccccc5c4c3)c1c1sc3ccccc3c21. The third-order valence-corrected chi connectivity index (χ3v) is 10.7. The molecule has 42 heavy (non-hydrogen) atoms. The van der Waals surface area contributed by atoms with Crippen molar-refractivity contribution in [3.63, 3.8) is 0 Å². The molecule has 0 spiro atoms. The van der Waals surface area contributed by atoms with E-state index in [0.29, 0.717) is 0 Å². The molecule has 0 fully saturated rings. The van der Waals surface area contributed by atoms with Crippen molar-refractivity contribution in [3.8, 4) is 16.8 Å². The van der Waals surface area contributed by atoms with Crippen molar-refractivity contribution in [3.05, 3.63) is 126 Å². The highest BCUT2D eigenvalue weighted by atomic mass is 32.1. The first kappa shape index (κ1) is 22.8. The number of thiophene rings is 1. The topological polar surface area (TPSA) is 18.1 Å². The van der Waals surface area contributed by atoms with Crippen LogP contribution in [0.2, 0.25) is 0 Å². The third-order valence-electron chi connectivity index (χ3n) is 9.55. The van der Waals surface area contributed by atoms with Crippen LogP contribution in [-0.4, -0.2) is 4.57 Å². The molecule has 9 aromatic rings. The third kappa shape index (κ3) is 2.66. The molecule has 0 bridgehead atoms. The van der Waals surface area contributed by atoms with Gasteiger partial charge in [-0.2, -0.15) is 0 Å². The zero-order chi connectivity index (χ0) is 27.7. The van der Waals surface area contributed by atoms with Crippen molar-refractivity contribution >= 4 is 75.3 Å². The summed E-state index contributed by atoms with van der Waals surface area (Å²) in [6, 6.07) is 42.0. The van der Waals surface area contributed by atoms with E-state index in [1.54, 1.807) is 0 Å². The van der Waals surface area contributed by atoms with Crippen molar-refractivity contribution < 1.29 is 4.42 Å². The molecular formula is C39H25NOS. The van der Waals surface area contributed by atoms with Gasteiger partial charge in [0.1, 0.15) is 11.2 Å². The molecule has 0 N–H and O–H groups in total. The van der Waals surface area contributed by atoms with Crippen LogP contribution in [0.1, 0.15) is 25.0 Å². The Morgan fingerprint density at radius 2 is 1.36 bits per heavy atom. The molecule has 1 aliphatic carbocycles. The number of para-hydroxylation sites is 2. The molecule has 6 aromatic carbocycles. The Morgan fingerprint density at radius 1 is 0.643 bits per heavy atom. The Kier molecular flexibility index (Phi) is 4.18. The zero-order valence-electron chi connectivity index (χ0n) is 23.2. The number of aromatic nitrogens is 1. The Hall–Kier alpha value is -4.86. The van der Waals surface area contributed by atoms with Crippen LogP contribution in [0.5, 0.6) is 0 Å². The van der Waals surface area contributed by atoms with E-state index in [0.717, 1.165) is 27.6 Å². The minimum absolute atomic E-state index is 0.138. The lowest BCUT2D eigenvalue weighted by Crippen LogP contribution is -2.15. The Morgan fingerprint density at radius 3 is 2.26 bits per heavy atom. The summed E-state index contributed by atoms with van der Waals surface area (Å²) in [5.41, 5.74) is 11.0. The fraction of sp³-hybridized carbons (Fsp3) is 0.0769. The first-order valence-corrected chi connectivity index (χ1v) is 15.4. The van der Waals surface area contributed by atoms with E-state index in [-0.39, 0.29) is 5.41 Å². The number of nitrogens with zero attached hydrogens (tertiary/aromatic N) is 1. The number of benzene rings is 6. The van der Waals surface area contributed by atoms with Gasteiger partial charge in [0.15, 0.2) is 0 Å². The lowest BCUT2D eigenvalue weighted by atomic mass is 9.80. The number of furan rings is 1. The molecule has 10 rings (SSSR count). The minimum atomic E-state index is -0.138. The van der Waals surface area contributed by atoms with Gasteiger partial charge in [-0.3, -0.25) is 0 Å². The fourth-order valence-corrected chi connectivity index (χ4v) is 9.07. The molecule has 0 amide bonds. The second-order valence-corrected chi connectivity index (χ2v) is 13.1. The summed E-state index contributed by atoms with van der Waals surface area (Å²) in [5.74, 6) is 0. The lowest BCUT2D eigenvalue weighted by molar-refractivity contribution is 0.667. The number of fused-ring (bicyclic) bond motifs is 15. The summed E-state index contributed by atoms with van der Waals surface area (Å²) in [6.45, 7) is 4.82. The highest BCUT2D eigenvalue weighted by molar-refractivity contribution is 7.26. The van der Waals surface area contributed by atoms with E-state index in [2.05, 4.69) is 128 Å². The maximum Gasteiger partial charge on any atom is 0.135 e. The standard InChI is InChI=1S/C39H25NOS/c1-39(2)28-15-7-3-12-24(28)33-34-26-14-6-10-18-32(26)42-38(34)37-35(36(33)39)25-13-4-8-16-29(25)40(37)22-19-20-31-27(21-22)23-11-5-9-17-30(23)41-31/h3-21H,1-2H3. The molecule has 0 aliphatic heterocycles. The Balaban J connectivity index is 1.47. The lowest BCUT2D eigenvalue weighted by Gasteiger charge is -2.23. The van der Waals surface area contributed by atoms with Gasteiger partial charge >= 0.3 is 0 Å². The molecule has 2 nitrogen and oxygen atoms in total. The van der Waals surface area contributed by atoms with Gasteiger partial charge in [0.2, 0.25) is 0 Å². The average Bonchev–Trinajstić information content (AvgIpc) is 3.74. The first-order chi connectivity index (χ1) is 20.6. The minimum Gasteiger partial charge on any atom is -0.456 e. The predicted molar refractivity (Wildman–Crippen MR) is 179 cm³/mol. The van der Waals surface area contributed by atoms with Crippen LogP contribution < -0.4 is 0 Å². The average molecular weight is 556 g/mol. The molecule has 0 saturated carbocycles. The predicted octanol–water partition coefficient (Wildman–Crippen LogP) is 11.4. The van der Waals surface area contributed by atoms with Gasteiger partial charge in [-0.1, -0.05) is 92.7 Å². The summed E-state index contributed by atoms with van der Waals surface area (Å²) in [6.07, 6.45) is 0. The van der Waals surface area contributed by atoms with Gasteiger partial charge < -0.3 is 8.98 Å². The Labute approximate surface area is 246 Å². The first-order valence-electron chi connectivity index (χ1n) is 14.5. The van der Waals surface area contributed by atoms with Crippen molar-refractivity contribution in [1.29, 1.82) is 0 Å². The van der Waals surface area contributed by atoms with Crippen LogP contribution in [-0.2, 0) is 5.41 Å². The summed E-state index contributed by atoms with van der Waals surface area (Å²) >= 11 is 1.92. The van der Waals surface area contributed by atoms with Gasteiger partial charge in [0, 0.05) is 48.1 Å². The number of rotatable bonds is 1. The van der Waals surface area contributed by atoms with Crippen LogP contribution in [0, 0.1) is 0 Å². The van der Waals surface area contributed by atoms with Crippen LogP contribution in [0.25, 0.3) is 80.7 Å². The van der Waals surface area contributed by atoms with Crippen LogP contribution in [0.15, 0.2) is 120 Å². The maximum absolute atomic E-state index is 6.23. The van der Waals surface area contributed by atoms with Crippen LogP contribution >= 0.6 is 11.3 Å². The molecule has 198 valence electrons. The molecule has 3 heteroatoms. The van der Waals surface area contributed by atoms with Gasteiger partial charge in [0.05, 0.1) is 15.7 Å². The molecule has 3 aromatic heterocycles. The zero-order valence-corrected chi connectivity index (χ0v) is 24.0. The molecule has 0 atom stereocenters.